The van der Waals surface area contributed by atoms with Crippen molar-refractivity contribution in [2.75, 3.05) is 13.7 Å². The lowest BCUT2D eigenvalue weighted by atomic mass is 10.0. The molecule has 1 aromatic carbocycles. The van der Waals surface area contributed by atoms with Crippen molar-refractivity contribution in [3.05, 3.63) is 34.1 Å². The molecule has 1 unspecified atom stereocenters. The van der Waals surface area contributed by atoms with Gasteiger partial charge in [0.25, 0.3) is 5.91 Å². The van der Waals surface area contributed by atoms with Gasteiger partial charge in [0.1, 0.15) is 11.9 Å². The Morgan fingerprint density at radius 3 is 2.80 bits per heavy atom. The highest BCUT2D eigenvalue weighted by atomic mass is 79.9. The molecule has 0 bridgehead atoms. The molecule has 4 nitrogen and oxygen atoms in total. The zero-order chi connectivity index (χ0) is 14.7. The molecule has 108 valence electrons. The Kier molecular flexibility index (Phi) is 4.75. The summed E-state index contributed by atoms with van der Waals surface area (Å²) in [5, 5.41) is 0. The Morgan fingerprint density at radius 2 is 2.15 bits per heavy atom. The van der Waals surface area contributed by atoms with E-state index in [9.17, 15) is 14.0 Å². The Labute approximate surface area is 125 Å². The number of piperidine rings is 1. The summed E-state index contributed by atoms with van der Waals surface area (Å²) in [6.07, 6.45) is 2.33. The number of amides is 1. The Balaban J connectivity index is 2.25. The van der Waals surface area contributed by atoms with Crippen LogP contribution in [0.25, 0.3) is 0 Å². The molecule has 0 aromatic heterocycles. The van der Waals surface area contributed by atoms with Crippen molar-refractivity contribution in [3.8, 4) is 0 Å². The number of hydrogen-bond acceptors (Lipinski definition) is 3. The zero-order valence-corrected chi connectivity index (χ0v) is 12.7. The molecule has 1 aliphatic heterocycles. The maximum atomic E-state index is 13.2. The highest BCUT2D eigenvalue weighted by molar-refractivity contribution is 9.10. The molecule has 1 atom stereocenters. The molecule has 1 aromatic rings. The highest BCUT2D eigenvalue weighted by Gasteiger charge is 2.33. The maximum Gasteiger partial charge on any atom is 0.328 e. The van der Waals surface area contributed by atoms with Gasteiger partial charge in [-0.2, -0.15) is 0 Å². The normalized spacial score (nSPS) is 18.8. The van der Waals surface area contributed by atoms with Crippen LogP contribution in [-0.2, 0) is 9.53 Å². The van der Waals surface area contributed by atoms with Gasteiger partial charge in [-0.1, -0.05) is 0 Å². The molecule has 0 N–H and O–H groups in total. The van der Waals surface area contributed by atoms with Crippen LogP contribution in [0.4, 0.5) is 4.39 Å². The number of halogens is 2. The molecule has 1 fully saturated rings. The highest BCUT2D eigenvalue weighted by Crippen LogP contribution is 2.23. The van der Waals surface area contributed by atoms with E-state index in [-0.39, 0.29) is 10.4 Å². The van der Waals surface area contributed by atoms with Crippen molar-refractivity contribution < 1.29 is 18.7 Å². The van der Waals surface area contributed by atoms with Crippen molar-refractivity contribution in [2.24, 2.45) is 0 Å². The molecule has 1 aliphatic rings. The van der Waals surface area contributed by atoms with Crippen LogP contribution >= 0.6 is 15.9 Å². The number of methoxy groups -OCH3 is 1. The van der Waals surface area contributed by atoms with E-state index < -0.39 is 17.8 Å². The van der Waals surface area contributed by atoms with Gasteiger partial charge >= 0.3 is 5.97 Å². The average molecular weight is 344 g/mol. The molecule has 0 radical (unpaired) electrons. The predicted octanol–water partition coefficient (Wildman–Crippen LogP) is 2.76. The summed E-state index contributed by atoms with van der Waals surface area (Å²) in [4.78, 5) is 25.7. The summed E-state index contributed by atoms with van der Waals surface area (Å²) in [6.45, 7) is 0.508. The topological polar surface area (TPSA) is 46.6 Å². The minimum absolute atomic E-state index is 0.231. The molecule has 0 saturated carbocycles. The van der Waals surface area contributed by atoms with Crippen LogP contribution in [0.3, 0.4) is 0 Å². The molecular formula is C14H15BrFNO3. The number of likely N-dealkylation sites (tertiary alicyclic amines) is 1. The van der Waals surface area contributed by atoms with Crippen LogP contribution in [0, 0.1) is 5.82 Å². The van der Waals surface area contributed by atoms with Gasteiger partial charge in [-0.3, -0.25) is 4.79 Å². The molecule has 2 rings (SSSR count). The van der Waals surface area contributed by atoms with Crippen LogP contribution in [-0.4, -0.2) is 36.5 Å². The van der Waals surface area contributed by atoms with Gasteiger partial charge in [-0.05, 0) is 53.4 Å². The lowest BCUT2D eigenvalue weighted by Crippen LogP contribution is -2.48. The van der Waals surface area contributed by atoms with E-state index in [2.05, 4.69) is 15.9 Å². The third-order valence-corrected chi connectivity index (χ3v) is 4.01. The number of esters is 1. The minimum atomic E-state index is -0.551. The monoisotopic (exact) mass is 343 g/mol. The van der Waals surface area contributed by atoms with E-state index in [1.165, 1.54) is 30.2 Å². The van der Waals surface area contributed by atoms with Gasteiger partial charge in [0.2, 0.25) is 0 Å². The number of ether oxygens (including phenoxy) is 1. The number of hydrogen-bond donors (Lipinski definition) is 0. The van der Waals surface area contributed by atoms with E-state index in [0.717, 1.165) is 12.8 Å². The summed E-state index contributed by atoms with van der Waals surface area (Å²) in [7, 11) is 1.31. The van der Waals surface area contributed by atoms with E-state index in [1.807, 2.05) is 0 Å². The van der Waals surface area contributed by atoms with Crippen LogP contribution in [0.15, 0.2) is 22.7 Å². The molecule has 0 spiro atoms. The summed E-state index contributed by atoms with van der Waals surface area (Å²) in [5.74, 6) is -1.11. The lowest BCUT2D eigenvalue weighted by Gasteiger charge is -2.33. The van der Waals surface area contributed by atoms with Gasteiger partial charge in [0, 0.05) is 12.1 Å². The van der Waals surface area contributed by atoms with Gasteiger partial charge in [-0.15, -0.1) is 0 Å². The Hall–Kier alpha value is -1.43. The molecule has 20 heavy (non-hydrogen) atoms. The second kappa shape index (κ2) is 6.35. The Morgan fingerprint density at radius 1 is 1.40 bits per heavy atom. The van der Waals surface area contributed by atoms with Crippen molar-refractivity contribution in [2.45, 2.75) is 25.3 Å². The van der Waals surface area contributed by atoms with Crippen LogP contribution in [0.2, 0.25) is 0 Å². The molecule has 0 aliphatic carbocycles. The third-order valence-electron chi connectivity index (χ3n) is 3.40. The third kappa shape index (κ3) is 3.00. The first-order valence-corrected chi connectivity index (χ1v) is 7.17. The fourth-order valence-electron chi connectivity index (χ4n) is 2.35. The molecule has 1 heterocycles. The smallest absolute Gasteiger partial charge is 0.328 e. The van der Waals surface area contributed by atoms with Crippen LogP contribution in [0.1, 0.15) is 29.6 Å². The largest absolute Gasteiger partial charge is 0.467 e. The first-order valence-electron chi connectivity index (χ1n) is 6.38. The number of benzene rings is 1. The quantitative estimate of drug-likeness (QED) is 0.775. The maximum absolute atomic E-state index is 13.2. The lowest BCUT2D eigenvalue weighted by molar-refractivity contribution is -0.147. The van der Waals surface area contributed by atoms with Gasteiger partial charge in [0.15, 0.2) is 0 Å². The summed E-state index contributed by atoms with van der Waals surface area (Å²) in [6, 6.07) is 3.53. The minimum Gasteiger partial charge on any atom is -0.467 e. The second-order valence-corrected chi connectivity index (χ2v) is 5.52. The van der Waals surface area contributed by atoms with Crippen molar-refractivity contribution in [3.63, 3.8) is 0 Å². The molecule has 1 saturated heterocycles. The first-order chi connectivity index (χ1) is 9.54. The van der Waals surface area contributed by atoms with E-state index >= 15 is 0 Å². The molecule has 1 amide bonds. The first kappa shape index (κ1) is 15.0. The molecule has 6 heteroatoms. The molecular weight excluding hydrogens is 329 g/mol. The van der Waals surface area contributed by atoms with Gasteiger partial charge in [0.05, 0.1) is 11.6 Å². The van der Waals surface area contributed by atoms with E-state index in [0.29, 0.717) is 18.5 Å². The second-order valence-electron chi connectivity index (χ2n) is 4.66. The van der Waals surface area contributed by atoms with Crippen molar-refractivity contribution in [1.29, 1.82) is 0 Å². The van der Waals surface area contributed by atoms with Crippen molar-refractivity contribution >= 4 is 27.8 Å². The fourth-order valence-corrected chi connectivity index (χ4v) is 2.73. The number of nitrogens with zero attached hydrogens (tertiary/aromatic N) is 1. The van der Waals surface area contributed by atoms with Crippen LogP contribution < -0.4 is 0 Å². The number of carbonyl (C=O) groups excluding carboxylic acids is 2. The fraction of sp³-hybridized carbons (Fsp3) is 0.429. The summed E-state index contributed by atoms with van der Waals surface area (Å²) >= 11 is 3.06. The Bertz CT molecular complexity index is 535. The van der Waals surface area contributed by atoms with E-state index in [4.69, 9.17) is 4.74 Å². The van der Waals surface area contributed by atoms with Gasteiger partial charge in [-0.25, -0.2) is 9.18 Å². The SMILES string of the molecule is COC(=O)C1CCCCN1C(=O)c1ccc(F)c(Br)c1. The average Bonchev–Trinajstić information content (AvgIpc) is 2.48. The van der Waals surface area contributed by atoms with Crippen LogP contribution in [0.5, 0.6) is 0 Å². The number of rotatable bonds is 2. The van der Waals surface area contributed by atoms with Gasteiger partial charge < -0.3 is 9.64 Å². The van der Waals surface area contributed by atoms with Crippen molar-refractivity contribution in [1.82, 2.24) is 4.90 Å². The zero-order valence-electron chi connectivity index (χ0n) is 11.1. The standard InChI is InChI=1S/C14H15BrFNO3/c1-20-14(19)12-4-2-3-7-17(12)13(18)9-5-6-11(16)10(15)8-9/h5-6,8,12H,2-4,7H2,1H3. The number of carbonyl (C=O) groups is 2. The summed E-state index contributed by atoms with van der Waals surface area (Å²) in [5.41, 5.74) is 0.356. The summed E-state index contributed by atoms with van der Waals surface area (Å²) < 4.78 is 18.2. The predicted molar refractivity (Wildman–Crippen MR) is 74.8 cm³/mol. The van der Waals surface area contributed by atoms with E-state index in [1.54, 1.807) is 0 Å².